The minimum absolute atomic E-state index is 0.252. The molecule has 0 aliphatic heterocycles. The van der Waals surface area contributed by atoms with Crippen molar-refractivity contribution in [2.24, 2.45) is 5.10 Å². The number of para-hydroxylation sites is 1. The monoisotopic (exact) mass is 493 g/mol. The number of benzene rings is 3. The highest BCUT2D eigenvalue weighted by Gasteiger charge is 2.15. The molecule has 0 unspecified atom stereocenters. The highest BCUT2D eigenvalue weighted by Crippen LogP contribution is 2.23. The van der Waals surface area contributed by atoms with Gasteiger partial charge in [-0.3, -0.25) is 9.59 Å². The summed E-state index contributed by atoms with van der Waals surface area (Å²) in [5.41, 5.74) is 5.31. The van der Waals surface area contributed by atoms with Crippen molar-refractivity contribution in [2.45, 2.75) is 13.8 Å². The molecule has 162 valence electrons. The van der Waals surface area contributed by atoms with Crippen LogP contribution in [0.25, 0.3) is 0 Å². The van der Waals surface area contributed by atoms with Crippen LogP contribution in [0.15, 0.2) is 76.3 Å². The molecule has 0 aliphatic carbocycles. The molecular formula is C24H20BrN3O4. The third kappa shape index (κ3) is 6.12. The van der Waals surface area contributed by atoms with Crippen LogP contribution in [-0.2, 0) is 9.59 Å². The van der Waals surface area contributed by atoms with E-state index in [-0.39, 0.29) is 5.75 Å². The van der Waals surface area contributed by atoms with Crippen LogP contribution >= 0.6 is 15.9 Å². The number of halogens is 1. The molecule has 3 aromatic rings. The zero-order valence-corrected chi connectivity index (χ0v) is 19.0. The van der Waals surface area contributed by atoms with Gasteiger partial charge in [0.1, 0.15) is 5.75 Å². The smallest absolute Gasteiger partial charge is 0.343 e. The number of nitrogens with zero attached hydrogens (tertiary/aromatic N) is 1. The van der Waals surface area contributed by atoms with E-state index in [1.165, 1.54) is 6.21 Å². The lowest BCUT2D eigenvalue weighted by atomic mass is 10.1. The lowest BCUT2D eigenvalue weighted by Crippen LogP contribution is -2.32. The molecule has 2 amide bonds. The number of anilines is 1. The van der Waals surface area contributed by atoms with Crippen molar-refractivity contribution in [2.75, 3.05) is 5.32 Å². The Morgan fingerprint density at radius 3 is 2.47 bits per heavy atom. The molecule has 0 saturated carbocycles. The Balaban J connectivity index is 1.68. The van der Waals surface area contributed by atoms with Gasteiger partial charge < -0.3 is 10.1 Å². The Hall–Kier alpha value is -3.78. The maximum Gasteiger partial charge on any atom is 0.343 e. The third-order valence-electron chi connectivity index (χ3n) is 4.40. The van der Waals surface area contributed by atoms with Gasteiger partial charge in [0.25, 0.3) is 0 Å². The second kappa shape index (κ2) is 10.5. The number of carbonyl (C=O) groups is 3. The van der Waals surface area contributed by atoms with Crippen LogP contribution in [-0.4, -0.2) is 24.0 Å². The summed E-state index contributed by atoms with van der Waals surface area (Å²) in [7, 11) is 0. The number of rotatable bonds is 5. The van der Waals surface area contributed by atoms with E-state index < -0.39 is 17.8 Å². The Morgan fingerprint density at radius 1 is 0.938 bits per heavy atom. The number of esters is 1. The van der Waals surface area contributed by atoms with Gasteiger partial charge in [0.05, 0.1) is 11.8 Å². The molecule has 0 saturated heterocycles. The maximum atomic E-state index is 12.5. The van der Waals surface area contributed by atoms with Crippen LogP contribution in [0.4, 0.5) is 5.69 Å². The van der Waals surface area contributed by atoms with Gasteiger partial charge in [-0.25, -0.2) is 10.2 Å². The molecule has 0 aromatic heterocycles. The fourth-order valence-corrected chi connectivity index (χ4v) is 3.13. The number of hydrogen-bond donors (Lipinski definition) is 2. The van der Waals surface area contributed by atoms with Crippen molar-refractivity contribution in [1.82, 2.24) is 5.43 Å². The lowest BCUT2D eigenvalue weighted by Gasteiger charge is -2.09. The predicted molar refractivity (Wildman–Crippen MR) is 126 cm³/mol. The molecule has 32 heavy (non-hydrogen) atoms. The molecule has 0 bridgehead atoms. The van der Waals surface area contributed by atoms with E-state index in [4.69, 9.17) is 4.74 Å². The number of carbonyl (C=O) groups excluding carboxylic acids is 3. The van der Waals surface area contributed by atoms with Crippen molar-refractivity contribution >= 4 is 45.6 Å². The average Bonchev–Trinajstić information content (AvgIpc) is 2.77. The van der Waals surface area contributed by atoms with E-state index in [1.54, 1.807) is 48.5 Å². The quantitative estimate of drug-likeness (QED) is 0.181. The van der Waals surface area contributed by atoms with E-state index >= 15 is 0 Å². The summed E-state index contributed by atoms with van der Waals surface area (Å²) in [4.78, 5) is 36.6. The van der Waals surface area contributed by atoms with Crippen molar-refractivity contribution < 1.29 is 19.1 Å². The summed E-state index contributed by atoms with van der Waals surface area (Å²) in [6, 6.07) is 19.1. The second-order valence-corrected chi connectivity index (χ2v) is 7.82. The zero-order chi connectivity index (χ0) is 23.1. The van der Waals surface area contributed by atoms with Gasteiger partial charge in [0.2, 0.25) is 0 Å². The maximum absolute atomic E-state index is 12.5. The van der Waals surface area contributed by atoms with Gasteiger partial charge in [0.15, 0.2) is 0 Å². The van der Waals surface area contributed by atoms with Crippen LogP contribution in [0.1, 0.15) is 27.0 Å². The predicted octanol–water partition coefficient (Wildman–Crippen LogP) is 4.37. The summed E-state index contributed by atoms with van der Waals surface area (Å²) >= 11 is 3.35. The van der Waals surface area contributed by atoms with Gasteiger partial charge in [-0.15, -0.1) is 0 Å². The third-order valence-corrected chi connectivity index (χ3v) is 4.89. The van der Waals surface area contributed by atoms with Crippen molar-refractivity contribution in [3.8, 4) is 5.75 Å². The van der Waals surface area contributed by atoms with Crippen molar-refractivity contribution in [1.29, 1.82) is 0 Å². The van der Waals surface area contributed by atoms with E-state index in [0.29, 0.717) is 16.8 Å². The normalized spacial score (nSPS) is 10.6. The zero-order valence-electron chi connectivity index (χ0n) is 17.4. The fourth-order valence-electron chi connectivity index (χ4n) is 2.75. The van der Waals surface area contributed by atoms with Crippen LogP contribution in [0.3, 0.4) is 0 Å². The number of aryl methyl sites for hydroxylation is 2. The van der Waals surface area contributed by atoms with Gasteiger partial charge in [0, 0.05) is 15.7 Å². The van der Waals surface area contributed by atoms with Crippen molar-refractivity contribution in [3.63, 3.8) is 0 Å². The van der Waals surface area contributed by atoms with E-state index in [1.807, 2.05) is 32.0 Å². The molecule has 8 heteroatoms. The van der Waals surface area contributed by atoms with Crippen LogP contribution < -0.4 is 15.5 Å². The molecule has 0 fully saturated rings. The molecule has 0 radical (unpaired) electrons. The Labute approximate surface area is 193 Å². The Morgan fingerprint density at radius 2 is 1.72 bits per heavy atom. The van der Waals surface area contributed by atoms with E-state index in [0.717, 1.165) is 15.6 Å². The summed E-state index contributed by atoms with van der Waals surface area (Å²) in [5.74, 6) is -2.05. The molecule has 0 heterocycles. The first kappa shape index (κ1) is 22.9. The number of ether oxygens (including phenoxy) is 1. The molecule has 3 aromatic carbocycles. The molecular weight excluding hydrogens is 474 g/mol. The molecule has 0 spiro atoms. The first-order chi connectivity index (χ1) is 15.3. The highest BCUT2D eigenvalue weighted by atomic mass is 79.9. The molecule has 3 rings (SSSR count). The average molecular weight is 494 g/mol. The largest absolute Gasteiger partial charge is 0.422 e. The summed E-state index contributed by atoms with van der Waals surface area (Å²) in [6.07, 6.45) is 1.29. The highest BCUT2D eigenvalue weighted by molar-refractivity contribution is 9.10. The first-order valence-corrected chi connectivity index (χ1v) is 10.4. The van der Waals surface area contributed by atoms with Crippen molar-refractivity contribution in [3.05, 3.63) is 93.5 Å². The van der Waals surface area contributed by atoms with Gasteiger partial charge in [-0.2, -0.15) is 5.10 Å². The number of nitrogens with one attached hydrogen (secondary N) is 2. The molecule has 0 aliphatic rings. The minimum Gasteiger partial charge on any atom is -0.422 e. The second-order valence-electron chi connectivity index (χ2n) is 6.91. The molecule has 2 N–H and O–H groups in total. The standard InChI is InChI=1S/C24H20BrN3O4/c1-15-6-5-8-17(12-15)24(31)32-21-11-10-19(25)13-18(21)14-26-28-23(30)22(29)27-20-9-4-3-7-16(20)2/h3-14H,1-2H3,(H,27,29)(H,28,30)/b26-14-. The number of amides is 2. The Bertz CT molecular complexity index is 1210. The molecule has 7 nitrogen and oxygen atoms in total. The first-order valence-electron chi connectivity index (χ1n) is 9.62. The Kier molecular flexibility index (Phi) is 7.51. The molecule has 0 atom stereocenters. The fraction of sp³-hybridized carbons (Fsp3) is 0.0833. The van der Waals surface area contributed by atoms with Gasteiger partial charge >= 0.3 is 17.8 Å². The minimum atomic E-state index is -0.933. The van der Waals surface area contributed by atoms with Gasteiger partial charge in [-0.1, -0.05) is 51.8 Å². The number of hydrazone groups is 1. The van der Waals surface area contributed by atoms with E-state index in [2.05, 4.69) is 31.8 Å². The van der Waals surface area contributed by atoms with E-state index in [9.17, 15) is 14.4 Å². The number of hydrogen-bond acceptors (Lipinski definition) is 5. The van der Waals surface area contributed by atoms with Gasteiger partial charge in [-0.05, 0) is 55.8 Å². The topological polar surface area (TPSA) is 96.9 Å². The van der Waals surface area contributed by atoms with Crippen LogP contribution in [0, 0.1) is 13.8 Å². The summed E-state index contributed by atoms with van der Waals surface area (Å²) < 4.78 is 6.22. The summed E-state index contributed by atoms with van der Waals surface area (Å²) in [5, 5.41) is 6.35. The lowest BCUT2D eigenvalue weighted by molar-refractivity contribution is -0.136. The van der Waals surface area contributed by atoms with Crippen LogP contribution in [0.5, 0.6) is 5.75 Å². The summed E-state index contributed by atoms with van der Waals surface area (Å²) in [6.45, 7) is 3.70. The van der Waals surface area contributed by atoms with Crippen LogP contribution in [0.2, 0.25) is 0 Å². The SMILES string of the molecule is Cc1cccc(C(=O)Oc2ccc(Br)cc2/C=N\NC(=O)C(=O)Nc2ccccc2C)c1.